The number of fused-ring (bicyclic) bond motifs is 1. The van der Waals surface area contributed by atoms with Gasteiger partial charge < -0.3 is 14.1 Å². The highest BCUT2D eigenvalue weighted by Gasteiger charge is 2.17. The third kappa shape index (κ3) is 1.78. The molecular formula is C14H15N3O2. The van der Waals surface area contributed by atoms with Gasteiger partial charge in [-0.2, -0.15) is 4.98 Å². The Morgan fingerprint density at radius 3 is 2.53 bits per heavy atom. The second-order valence-corrected chi connectivity index (χ2v) is 4.52. The molecule has 3 aromatic rings. The third-order valence-corrected chi connectivity index (χ3v) is 3.33. The summed E-state index contributed by atoms with van der Waals surface area (Å²) in [5.41, 5.74) is 3.64. The van der Waals surface area contributed by atoms with E-state index in [1.807, 2.05) is 32.9 Å². The zero-order valence-corrected chi connectivity index (χ0v) is 11.4. The van der Waals surface area contributed by atoms with Crippen molar-refractivity contribution < 1.29 is 9.15 Å². The molecule has 5 nitrogen and oxygen atoms in total. The number of methoxy groups -OCH3 is 1. The molecule has 0 aliphatic rings. The van der Waals surface area contributed by atoms with Gasteiger partial charge in [0.05, 0.1) is 18.2 Å². The third-order valence-electron chi connectivity index (χ3n) is 3.33. The first-order chi connectivity index (χ1) is 9.10. The van der Waals surface area contributed by atoms with E-state index in [0.717, 1.165) is 34.0 Å². The van der Waals surface area contributed by atoms with Crippen LogP contribution in [0.1, 0.15) is 17.1 Å². The molecule has 0 spiro atoms. The number of furan rings is 1. The number of hydrogen-bond acceptors (Lipinski definition) is 4. The Kier molecular flexibility index (Phi) is 2.55. The lowest BCUT2D eigenvalue weighted by Gasteiger charge is -1.95. The topological polar surface area (TPSA) is 63.9 Å². The smallest absolute Gasteiger partial charge is 0.215 e. The molecule has 5 heteroatoms. The molecule has 19 heavy (non-hydrogen) atoms. The molecular weight excluding hydrogens is 242 g/mol. The molecule has 0 bridgehead atoms. The van der Waals surface area contributed by atoms with Gasteiger partial charge in [0.1, 0.15) is 17.3 Å². The number of aromatic nitrogens is 3. The Labute approximate surface area is 110 Å². The van der Waals surface area contributed by atoms with Gasteiger partial charge in [-0.05, 0) is 26.8 Å². The molecule has 0 saturated carbocycles. The van der Waals surface area contributed by atoms with Crippen LogP contribution in [0.2, 0.25) is 0 Å². The number of H-pyrrole nitrogens is 1. The van der Waals surface area contributed by atoms with Crippen molar-refractivity contribution in [1.82, 2.24) is 15.0 Å². The van der Waals surface area contributed by atoms with Crippen molar-refractivity contribution in [3.63, 3.8) is 0 Å². The molecule has 0 unspecified atom stereocenters. The molecule has 3 rings (SSSR count). The molecule has 0 aliphatic heterocycles. The predicted octanol–water partition coefficient (Wildman–Crippen LogP) is 3.15. The van der Waals surface area contributed by atoms with Crippen LogP contribution in [0, 0.1) is 20.8 Å². The molecule has 0 aromatic carbocycles. The van der Waals surface area contributed by atoms with Crippen LogP contribution in [-0.4, -0.2) is 22.1 Å². The number of imidazole rings is 1. The van der Waals surface area contributed by atoms with Gasteiger partial charge in [0, 0.05) is 11.6 Å². The predicted molar refractivity (Wildman–Crippen MR) is 72.4 cm³/mol. The van der Waals surface area contributed by atoms with Crippen LogP contribution < -0.4 is 4.74 Å². The maximum atomic E-state index is 5.64. The summed E-state index contributed by atoms with van der Waals surface area (Å²) in [6.07, 6.45) is 0. The number of aromatic amines is 1. The molecule has 98 valence electrons. The minimum atomic E-state index is 0.558. The van der Waals surface area contributed by atoms with E-state index in [2.05, 4.69) is 15.0 Å². The van der Waals surface area contributed by atoms with Crippen LogP contribution in [0.3, 0.4) is 0 Å². The minimum absolute atomic E-state index is 0.558. The number of aryl methyl sites for hydroxylation is 2. The molecule has 0 saturated heterocycles. The van der Waals surface area contributed by atoms with Crippen LogP contribution in [0.25, 0.3) is 22.6 Å². The lowest BCUT2D eigenvalue weighted by molar-refractivity contribution is 0.399. The second kappa shape index (κ2) is 4.12. The minimum Gasteiger partial charge on any atom is -0.481 e. The summed E-state index contributed by atoms with van der Waals surface area (Å²) in [5.74, 6) is 3.12. The van der Waals surface area contributed by atoms with E-state index < -0.39 is 0 Å². The van der Waals surface area contributed by atoms with Crippen LogP contribution in [-0.2, 0) is 0 Å². The van der Waals surface area contributed by atoms with E-state index in [1.165, 1.54) is 0 Å². The first-order valence-electron chi connectivity index (χ1n) is 6.08. The zero-order valence-electron chi connectivity index (χ0n) is 11.4. The van der Waals surface area contributed by atoms with Crippen LogP contribution >= 0.6 is 0 Å². The quantitative estimate of drug-likeness (QED) is 0.766. The fraction of sp³-hybridized carbons (Fsp3) is 0.286. The summed E-state index contributed by atoms with van der Waals surface area (Å²) < 4.78 is 10.7. The van der Waals surface area contributed by atoms with Crippen LogP contribution in [0.4, 0.5) is 0 Å². The fourth-order valence-electron chi connectivity index (χ4n) is 2.25. The standard InChI is InChI=1S/C14H15N3O2/c1-7-8(2)19-9(3)12(7)14-15-10-5-6-11(18-4)16-13(10)17-14/h5-6H,1-4H3,(H,15,16,17). The molecule has 0 amide bonds. The monoisotopic (exact) mass is 257 g/mol. The summed E-state index contributed by atoms with van der Waals surface area (Å²) in [4.78, 5) is 12.1. The van der Waals surface area contributed by atoms with Gasteiger partial charge in [-0.15, -0.1) is 0 Å². The first kappa shape index (κ1) is 11.8. The Morgan fingerprint density at radius 2 is 1.89 bits per heavy atom. The molecule has 0 fully saturated rings. The van der Waals surface area contributed by atoms with Gasteiger partial charge in [0.2, 0.25) is 5.88 Å². The van der Waals surface area contributed by atoms with E-state index in [4.69, 9.17) is 9.15 Å². The highest BCUT2D eigenvalue weighted by Crippen LogP contribution is 2.30. The first-order valence-corrected chi connectivity index (χ1v) is 6.08. The van der Waals surface area contributed by atoms with E-state index in [-0.39, 0.29) is 0 Å². The lowest BCUT2D eigenvalue weighted by Crippen LogP contribution is -1.86. The second-order valence-electron chi connectivity index (χ2n) is 4.52. The Balaban J connectivity index is 2.20. The van der Waals surface area contributed by atoms with Crippen LogP contribution in [0.15, 0.2) is 16.5 Å². The van der Waals surface area contributed by atoms with Crippen molar-refractivity contribution >= 4 is 11.2 Å². The van der Waals surface area contributed by atoms with Gasteiger partial charge in [-0.3, -0.25) is 0 Å². The molecule has 0 radical (unpaired) electrons. The Bertz CT molecular complexity index is 755. The van der Waals surface area contributed by atoms with Crippen LogP contribution in [0.5, 0.6) is 5.88 Å². The number of rotatable bonds is 2. The van der Waals surface area contributed by atoms with Crippen molar-refractivity contribution in [3.05, 3.63) is 29.2 Å². The van der Waals surface area contributed by atoms with E-state index >= 15 is 0 Å². The normalized spacial score (nSPS) is 11.2. The number of nitrogens with zero attached hydrogens (tertiary/aromatic N) is 2. The van der Waals surface area contributed by atoms with Gasteiger partial charge in [-0.25, -0.2) is 4.98 Å². The van der Waals surface area contributed by atoms with Crippen molar-refractivity contribution in [3.8, 4) is 17.3 Å². The highest BCUT2D eigenvalue weighted by molar-refractivity contribution is 5.78. The number of nitrogens with one attached hydrogen (secondary N) is 1. The average Bonchev–Trinajstić information content (AvgIpc) is 2.90. The lowest BCUT2D eigenvalue weighted by atomic mass is 10.1. The fourth-order valence-corrected chi connectivity index (χ4v) is 2.25. The molecule has 0 aliphatic carbocycles. The molecule has 0 atom stereocenters. The van der Waals surface area contributed by atoms with Gasteiger partial charge >= 0.3 is 0 Å². The van der Waals surface area contributed by atoms with Crippen molar-refractivity contribution in [2.24, 2.45) is 0 Å². The molecule has 3 aromatic heterocycles. The molecule has 3 heterocycles. The number of ether oxygens (including phenoxy) is 1. The SMILES string of the molecule is COc1ccc2[nH]c(-c3c(C)oc(C)c3C)nc2n1. The summed E-state index contributed by atoms with van der Waals surface area (Å²) >= 11 is 0. The van der Waals surface area contributed by atoms with Gasteiger partial charge in [0.25, 0.3) is 0 Å². The van der Waals surface area contributed by atoms with E-state index in [9.17, 15) is 0 Å². The largest absolute Gasteiger partial charge is 0.481 e. The van der Waals surface area contributed by atoms with Gasteiger partial charge in [-0.1, -0.05) is 0 Å². The Hall–Kier alpha value is -2.30. The summed E-state index contributed by atoms with van der Waals surface area (Å²) in [5, 5.41) is 0. The number of pyridine rings is 1. The van der Waals surface area contributed by atoms with Crippen molar-refractivity contribution in [2.45, 2.75) is 20.8 Å². The summed E-state index contributed by atoms with van der Waals surface area (Å²) in [6, 6.07) is 3.72. The molecule has 1 N–H and O–H groups in total. The maximum Gasteiger partial charge on any atom is 0.215 e. The van der Waals surface area contributed by atoms with Crippen molar-refractivity contribution in [1.29, 1.82) is 0 Å². The highest BCUT2D eigenvalue weighted by atomic mass is 16.5. The van der Waals surface area contributed by atoms with Crippen molar-refractivity contribution in [2.75, 3.05) is 7.11 Å². The summed E-state index contributed by atoms with van der Waals surface area (Å²) in [6.45, 7) is 5.93. The van der Waals surface area contributed by atoms with E-state index in [0.29, 0.717) is 11.5 Å². The average molecular weight is 257 g/mol. The van der Waals surface area contributed by atoms with Gasteiger partial charge in [0.15, 0.2) is 5.65 Å². The zero-order chi connectivity index (χ0) is 13.6. The number of hydrogen-bond donors (Lipinski definition) is 1. The summed E-state index contributed by atoms with van der Waals surface area (Å²) in [7, 11) is 1.59. The Morgan fingerprint density at radius 1 is 1.11 bits per heavy atom. The van der Waals surface area contributed by atoms with E-state index in [1.54, 1.807) is 7.11 Å². The maximum absolute atomic E-state index is 5.64.